The zero-order valence-corrected chi connectivity index (χ0v) is 21.5. The predicted molar refractivity (Wildman–Crippen MR) is 144 cm³/mol. The number of likely N-dealkylation sites (N-methyl/N-ethyl adjacent to an activating group) is 1. The van der Waals surface area contributed by atoms with Gasteiger partial charge >= 0.3 is 0 Å². The summed E-state index contributed by atoms with van der Waals surface area (Å²) in [6.45, 7) is 4.96. The minimum Gasteiger partial charge on any atom is -0.348 e. The minimum atomic E-state index is -0.166. The normalized spacial score (nSPS) is 13.3. The number of carbonyl (C=O) groups excluding carboxylic acids is 2. The van der Waals surface area contributed by atoms with Gasteiger partial charge in [-0.05, 0) is 79.0 Å². The van der Waals surface area contributed by atoms with E-state index in [0.29, 0.717) is 24.2 Å². The Labute approximate surface area is 216 Å². The summed E-state index contributed by atoms with van der Waals surface area (Å²) in [6, 6.07) is 21.1. The number of nitrogens with one attached hydrogen (secondary N) is 2. The van der Waals surface area contributed by atoms with Gasteiger partial charge in [0, 0.05) is 43.5 Å². The summed E-state index contributed by atoms with van der Waals surface area (Å²) in [6.07, 6.45) is 1.03. The molecule has 2 N–H and O–H groups in total. The SMILES string of the molecule is Cc1nn(C)n1Cc1ccc(C(=O)NCc2cccc(C(=O)Nc3ccc4c(c3)CN(C)CC4)c2)cc1. The molecule has 0 spiro atoms. The highest BCUT2D eigenvalue weighted by atomic mass is 16.2. The van der Waals surface area contributed by atoms with E-state index >= 15 is 0 Å². The van der Waals surface area contributed by atoms with Gasteiger partial charge in [-0.3, -0.25) is 14.3 Å². The lowest BCUT2D eigenvalue weighted by Gasteiger charge is -2.25. The average Bonchev–Trinajstić information content (AvgIpc) is 2.90. The Morgan fingerprint density at radius 1 is 0.892 bits per heavy atom. The van der Waals surface area contributed by atoms with Gasteiger partial charge in [0.2, 0.25) is 0 Å². The molecule has 0 unspecified atom stereocenters. The predicted octanol–water partition coefficient (Wildman–Crippen LogP) is 3.75. The number of fused-ring (bicyclic) bond motifs is 1. The number of nitrogens with zero attached hydrogens (tertiary/aromatic N) is 4. The summed E-state index contributed by atoms with van der Waals surface area (Å²) < 4.78 is 2.06. The first-order chi connectivity index (χ1) is 17.9. The van der Waals surface area contributed by atoms with E-state index in [4.69, 9.17) is 0 Å². The lowest BCUT2D eigenvalue weighted by molar-refractivity contribution is 0.0950. The van der Waals surface area contributed by atoms with E-state index in [0.717, 1.165) is 42.1 Å². The lowest BCUT2D eigenvalue weighted by Crippen LogP contribution is -2.27. The summed E-state index contributed by atoms with van der Waals surface area (Å²) in [7, 11) is 4.01. The van der Waals surface area contributed by atoms with E-state index in [1.165, 1.54) is 11.1 Å². The number of aromatic nitrogens is 3. The number of carbonyl (C=O) groups is 2. The van der Waals surface area contributed by atoms with Crippen LogP contribution in [0.25, 0.3) is 0 Å². The molecule has 190 valence electrons. The van der Waals surface area contributed by atoms with E-state index in [2.05, 4.69) is 44.5 Å². The van der Waals surface area contributed by atoms with Crippen molar-refractivity contribution in [3.05, 3.63) is 106 Å². The highest BCUT2D eigenvalue weighted by Gasteiger charge is 2.15. The molecule has 0 bridgehead atoms. The fraction of sp³-hybridized carbons (Fsp3) is 0.276. The fourth-order valence-corrected chi connectivity index (χ4v) is 4.72. The molecule has 1 aromatic heterocycles. The summed E-state index contributed by atoms with van der Waals surface area (Å²) in [5.74, 6) is 0.649. The second-order valence-corrected chi connectivity index (χ2v) is 9.70. The van der Waals surface area contributed by atoms with Crippen LogP contribution >= 0.6 is 0 Å². The van der Waals surface area contributed by atoms with Crippen molar-refractivity contribution in [3.63, 3.8) is 0 Å². The molecule has 5 rings (SSSR count). The number of anilines is 1. The van der Waals surface area contributed by atoms with Crippen LogP contribution in [-0.2, 0) is 33.1 Å². The van der Waals surface area contributed by atoms with E-state index in [9.17, 15) is 9.59 Å². The number of amides is 2. The maximum Gasteiger partial charge on any atom is 0.255 e. The number of hydrogen-bond donors (Lipinski definition) is 2. The number of rotatable bonds is 7. The van der Waals surface area contributed by atoms with Crippen molar-refractivity contribution in [3.8, 4) is 0 Å². The molecule has 0 fully saturated rings. The Balaban J connectivity index is 1.17. The topological polar surface area (TPSA) is 84.2 Å². The van der Waals surface area contributed by atoms with Crippen molar-refractivity contribution in [2.45, 2.75) is 33.0 Å². The zero-order chi connectivity index (χ0) is 25.9. The second kappa shape index (κ2) is 10.4. The molecule has 1 aliphatic heterocycles. The van der Waals surface area contributed by atoms with Gasteiger partial charge < -0.3 is 15.5 Å². The summed E-state index contributed by atoms with van der Waals surface area (Å²) >= 11 is 0. The van der Waals surface area contributed by atoms with Gasteiger partial charge in [-0.15, -0.1) is 5.10 Å². The van der Waals surface area contributed by atoms with Crippen LogP contribution in [0.3, 0.4) is 0 Å². The number of hydrogen-bond acceptors (Lipinski definition) is 4. The van der Waals surface area contributed by atoms with Gasteiger partial charge in [-0.1, -0.05) is 30.3 Å². The molecule has 37 heavy (non-hydrogen) atoms. The van der Waals surface area contributed by atoms with Gasteiger partial charge in [0.1, 0.15) is 5.82 Å². The molecule has 3 aromatic carbocycles. The van der Waals surface area contributed by atoms with Crippen molar-refractivity contribution >= 4 is 17.5 Å². The van der Waals surface area contributed by atoms with Crippen LogP contribution in [-0.4, -0.2) is 44.9 Å². The van der Waals surface area contributed by atoms with Gasteiger partial charge in [0.05, 0.1) is 6.54 Å². The molecular weight excluding hydrogens is 464 g/mol. The van der Waals surface area contributed by atoms with E-state index < -0.39 is 0 Å². The van der Waals surface area contributed by atoms with Crippen LogP contribution in [0.1, 0.15) is 48.8 Å². The van der Waals surface area contributed by atoms with Gasteiger partial charge in [0.15, 0.2) is 0 Å². The molecule has 4 aromatic rings. The standard InChI is InChI=1S/C29H32N6O2/c1-20-32-34(3)35(20)18-21-7-9-24(10-8-21)28(36)30-17-22-5-4-6-25(15-22)29(37)31-27-12-11-23-13-14-33(2)19-26(23)16-27/h4-12,15-16H,13-14,17-19H2,1-3H3,(H,30,36)(H,31,37). The third-order valence-electron chi connectivity index (χ3n) is 6.87. The van der Waals surface area contributed by atoms with Gasteiger partial charge in [-0.25, -0.2) is 4.80 Å². The molecule has 0 saturated heterocycles. The van der Waals surface area contributed by atoms with Crippen LogP contribution in [0.4, 0.5) is 5.69 Å². The third-order valence-corrected chi connectivity index (χ3v) is 6.87. The van der Waals surface area contributed by atoms with Crippen LogP contribution in [0, 0.1) is 6.92 Å². The highest BCUT2D eigenvalue weighted by molar-refractivity contribution is 6.04. The van der Waals surface area contributed by atoms with Crippen LogP contribution in [0.15, 0.2) is 66.7 Å². The molecule has 2 amide bonds. The van der Waals surface area contributed by atoms with Crippen molar-refractivity contribution in [2.75, 3.05) is 18.9 Å². The highest BCUT2D eigenvalue weighted by Crippen LogP contribution is 2.22. The molecule has 0 aliphatic carbocycles. The first kappa shape index (κ1) is 24.5. The Hall–Kier alpha value is -4.17. The molecule has 2 heterocycles. The lowest BCUT2D eigenvalue weighted by atomic mass is 9.99. The quantitative estimate of drug-likeness (QED) is 0.408. The Morgan fingerprint density at radius 3 is 2.46 bits per heavy atom. The van der Waals surface area contributed by atoms with E-state index in [1.807, 2.05) is 62.5 Å². The monoisotopic (exact) mass is 496 g/mol. The molecule has 0 saturated carbocycles. The molecule has 1 aliphatic rings. The third kappa shape index (κ3) is 5.65. The number of benzene rings is 3. The van der Waals surface area contributed by atoms with Crippen molar-refractivity contribution in [1.82, 2.24) is 24.8 Å². The first-order valence-corrected chi connectivity index (χ1v) is 12.5. The van der Waals surface area contributed by atoms with Crippen molar-refractivity contribution in [2.24, 2.45) is 7.05 Å². The summed E-state index contributed by atoms with van der Waals surface area (Å²) in [5, 5.41) is 10.2. The zero-order valence-electron chi connectivity index (χ0n) is 21.5. The minimum absolute atomic E-state index is 0.153. The maximum atomic E-state index is 12.9. The van der Waals surface area contributed by atoms with Crippen molar-refractivity contribution in [1.29, 1.82) is 0 Å². The molecule has 0 radical (unpaired) electrons. The molecular formula is C29H32N6O2. The largest absolute Gasteiger partial charge is 0.348 e. The van der Waals surface area contributed by atoms with E-state index in [1.54, 1.807) is 10.9 Å². The Bertz CT molecular complexity index is 1420. The molecule has 8 heteroatoms. The van der Waals surface area contributed by atoms with Crippen LogP contribution in [0.2, 0.25) is 0 Å². The Kier molecular flexibility index (Phi) is 6.92. The Morgan fingerprint density at radius 2 is 1.70 bits per heavy atom. The summed E-state index contributed by atoms with van der Waals surface area (Å²) in [5.41, 5.74) is 6.51. The smallest absolute Gasteiger partial charge is 0.255 e. The van der Waals surface area contributed by atoms with Gasteiger partial charge in [-0.2, -0.15) is 0 Å². The maximum absolute atomic E-state index is 12.9. The molecule has 8 nitrogen and oxygen atoms in total. The van der Waals surface area contributed by atoms with E-state index in [-0.39, 0.29) is 11.8 Å². The average molecular weight is 497 g/mol. The number of aryl methyl sites for hydroxylation is 2. The molecule has 0 atom stereocenters. The summed E-state index contributed by atoms with van der Waals surface area (Å²) in [4.78, 5) is 29.7. The van der Waals surface area contributed by atoms with Gasteiger partial charge in [0.25, 0.3) is 11.8 Å². The fourth-order valence-electron chi connectivity index (χ4n) is 4.72. The first-order valence-electron chi connectivity index (χ1n) is 12.5. The second-order valence-electron chi connectivity index (χ2n) is 9.70. The van der Waals surface area contributed by atoms with Crippen LogP contribution in [0.5, 0.6) is 0 Å². The van der Waals surface area contributed by atoms with Crippen molar-refractivity contribution < 1.29 is 9.59 Å². The van der Waals surface area contributed by atoms with Crippen LogP contribution < -0.4 is 10.6 Å².